The van der Waals surface area contributed by atoms with E-state index in [-0.39, 0.29) is 5.91 Å². The smallest absolute Gasteiger partial charge is 0.308 e. The molecular weight excluding hydrogens is 252 g/mol. The molecule has 0 heterocycles. The van der Waals surface area contributed by atoms with Crippen molar-refractivity contribution in [2.75, 3.05) is 10.7 Å². The maximum atomic E-state index is 12.1. The Hall–Kier alpha value is -2.87. The highest BCUT2D eigenvalue weighted by atomic mass is 16.1. The number of diazo groups is 1. The quantitative estimate of drug-likeness (QED) is 0.657. The van der Waals surface area contributed by atoms with E-state index in [0.717, 1.165) is 11.1 Å². The minimum absolute atomic E-state index is 0.213. The SMILES string of the molecule is Cc1cc(N[N+]#N)c(NC(=O)c2ccccc2)cc1C. The molecule has 0 aromatic heterocycles. The molecule has 0 atom stereocenters. The van der Waals surface area contributed by atoms with E-state index >= 15 is 0 Å². The fraction of sp³-hybridized carbons (Fsp3) is 0.133. The van der Waals surface area contributed by atoms with Crippen LogP contribution in [0.3, 0.4) is 0 Å². The van der Waals surface area contributed by atoms with Gasteiger partial charge in [0.05, 0.1) is 5.69 Å². The van der Waals surface area contributed by atoms with Crippen molar-refractivity contribution in [2.45, 2.75) is 13.8 Å². The van der Waals surface area contributed by atoms with Crippen molar-refractivity contribution in [3.05, 3.63) is 64.2 Å². The Morgan fingerprint density at radius 3 is 2.25 bits per heavy atom. The van der Waals surface area contributed by atoms with Gasteiger partial charge in [0.2, 0.25) is 0 Å². The summed E-state index contributed by atoms with van der Waals surface area (Å²) in [4.78, 5) is 12.1. The Balaban J connectivity index is 2.31. The van der Waals surface area contributed by atoms with Gasteiger partial charge in [-0.2, -0.15) is 0 Å². The Morgan fingerprint density at radius 2 is 1.65 bits per heavy atom. The summed E-state index contributed by atoms with van der Waals surface area (Å²) in [6.45, 7) is 3.90. The van der Waals surface area contributed by atoms with Crippen molar-refractivity contribution >= 4 is 17.3 Å². The number of benzene rings is 2. The zero-order valence-electron chi connectivity index (χ0n) is 11.3. The van der Waals surface area contributed by atoms with Gasteiger partial charge >= 0.3 is 5.08 Å². The fourth-order valence-electron chi connectivity index (χ4n) is 1.85. The van der Waals surface area contributed by atoms with Gasteiger partial charge in [-0.15, -0.1) is 0 Å². The van der Waals surface area contributed by atoms with E-state index < -0.39 is 0 Å². The highest BCUT2D eigenvalue weighted by Crippen LogP contribution is 2.26. The van der Waals surface area contributed by atoms with E-state index in [2.05, 4.69) is 15.8 Å². The van der Waals surface area contributed by atoms with Gasteiger partial charge in [0.1, 0.15) is 5.69 Å². The zero-order valence-corrected chi connectivity index (χ0v) is 11.3. The molecular formula is C15H15N4O+. The predicted octanol–water partition coefficient (Wildman–Crippen LogP) is 3.74. The molecule has 0 fully saturated rings. The molecule has 0 aliphatic heterocycles. The summed E-state index contributed by atoms with van der Waals surface area (Å²) in [5.74, 6) is -0.213. The summed E-state index contributed by atoms with van der Waals surface area (Å²) in [7, 11) is 0. The first-order chi connectivity index (χ1) is 9.61. The van der Waals surface area contributed by atoms with Crippen LogP contribution >= 0.6 is 0 Å². The Bertz CT molecular complexity index is 674. The lowest BCUT2D eigenvalue weighted by molar-refractivity contribution is 0.102. The van der Waals surface area contributed by atoms with E-state index in [0.29, 0.717) is 16.9 Å². The zero-order chi connectivity index (χ0) is 14.5. The number of carbonyl (C=O) groups is 1. The number of hydrogen-bond acceptors (Lipinski definition) is 3. The third-order valence-corrected chi connectivity index (χ3v) is 3.09. The Morgan fingerprint density at radius 1 is 1.05 bits per heavy atom. The van der Waals surface area contributed by atoms with Crippen LogP contribution in [0.1, 0.15) is 21.5 Å². The molecule has 0 saturated carbocycles. The van der Waals surface area contributed by atoms with E-state index in [1.54, 1.807) is 24.3 Å². The molecule has 5 nitrogen and oxygen atoms in total. The second-order valence-corrected chi connectivity index (χ2v) is 4.51. The molecule has 20 heavy (non-hydrogen) atoms. The van der Waals surface area contributed by atoms with Crippen molar-refractivity contribution in [2.24, 2.45) is 0 Å². The van der Waals surface area contributed by atoms with Gasteiger partial charge in [-0.25, -0.2) is 0 Å². The Labute approximate surface area is 117 Å². The second kappa shape index (κ2) is 5.85. The van der Waals surface area contributed by atoms with E-state index in [1.807, 2.05) is 32.0 Å². The van der Waals surface area contributed by atoms with Crippen LogP contribution in [0.25, 0.3) is 5.08 Å². The largest absolute Gasteiger partial charge is 0.320 e. The number of anilines is 2. The molecule has 1 amide bonds. The van der Waals surface area contributed by atoms with Crippen molar-refractivity contribution in [3.8, 4) is 0 Å². The molecule has 0 aliphatic rings. The summed E-state index contributed by atoms with van der Waals surface area (Å²) in [5.41, 5.74) is 6.22. The van der Waals surface area contributed by atoms with Crippen LogP contribution in [0.2, 0.25) is 0 Å². The highest BCUT2D eigenvalue weighted by Gasteiger charge is 2.13. The first-order valence-electron chi connectivity index (χ1n) is 6.19. The van der Waals surface area contributed by atoms with Gasteiger partial charge in [-0.05, 0) is 54.7 Å². The maximum Gasteiger partial charge on any atom is 0.308 e. The predicted molar refractivity (Wildman–Crippen MR) is 79.0 cm³/mol. The van der Waals surface area contributed by atoms with Crippen molar-refractivity contribution in [3.63, 3.8) is 0 Å². The molecule has 2 aromatic carbocycles. The minimum Gasteiger partial charge on any atom is -0.320 e. The van der Waals surface area contributed by atoms with Crippen molar-refractivity contribution in [1.29, 1.82) is 5.39 Å². The van der Waals surface area contributed by atoms with Gasteiger partial charge < -0.3 is 5.32 Å². The first-order valence-corrected chi connectivity index (χ1v) is 6.19. The Kier molecular flexibility index (Phi) is 3.96. The summed E-state index contributed by atoms with van der Waals surface area (Å²) in [5, 5.41) is 14.4. The van der Waals surface area contributed by atoms with Crippen LogP contribution in [0.15, 0.2) is 42.5 Å². The maximum absolute atomic E-state index is 12.1. The van der Waals surface area contributed by atoms with Crippen LogP contribution < -0.4 is 10.7 Å². The lowest BCUT2D eigenvalue weighted by Crippen LogP contribution is -2.13. The number of nitrogens with zero attached hydrogens (tertiary/aromatic N) is 2. The van der Waals surface area contributed by atoms with Gasteiger partial charge in [-0.3, -0.25) is 4.79 Å². The van der Waals surface area contributed by atoms with Crippen LogP contribution in [0.4, 0.5) is 11.4 Å². The summed E-state index contributed by atoms with van der Waals surface area (Å²) >= 11 is 0. The van der Waals surface area contributed by atoms with Crippen molar-refractivity contribution in [1.82, 2.24) is 0 Å². The van der Waals surface area contributed by atoms with E-state index in [9.17, 15) is 4.79 Å². The molecule has 0 radical (unpaired) electrons. The molecule has 2 aromatic rings. The number of hydrogen-bond donors (Lipinski definition) is 2. The molecule has 0 bridgehead atoms. The number of amides is 1. The van der Waals surface area contributed by atoms with Crippen molar-refractivity contribution < 1.29 is 4.79 Å². The minimum atomic E-state index is -0.213. The molecule has 2 rings (SSSR count). The lowest BCUT2D eigenvalue weighted by Gasteiger charge is -2.10. The molecule has 5 heteroatoms. The first kappa shape index (κ1) is 13.6. The summed E-state index contributed by atoms with van der Waals surface area (Å²) in [6, 6.07) is 12.6. The van der Waals surface area contributed by atoms with Gasteiger partial charge in [-0.1, -0.05) is 18.2 Å². The van der Waals surface area contributed by atoms with Crippen LogP contribution in [-0.4, -0.2) is 5.91 Å². The van der Waals surface area contributed by atoms with Crippen LogP contribution in [-0.2, 0) is 0 Å². The highest BCUT2D eigenvalue weighted by molar-refractivity contribution is 6.06. The van der Waals surface area contributed by atoms with E-state index in [4.69, 9.17) is 5.39 Å². The normalized spacial score (nSPS) is 9.65. The second-order valence-electron chi connectivity index (χ2n) is 4.51. The molecule has 0 saturated heterocycles. The number of carbonyl (C=O) groups excluding carboxylic acids is 1. The standard InChI is InChI=1S/C15H14N4O/c1-10-8-13(14(18-19-16)9-11(10)2)17-15(20)12-6-4-3-5-7-12/h3-9,16H,1-2H3/p+1. The van der Waals surface area contributed by atoms with Gasteiger partial charge in [0.15, 0.2) is 0 Å². The average molecular weight is 267 g/mol. The topological polar surface area (TPSA) is 69.3 Å². The monoisotopic (exact) mass is 267 g/mol. The third-order valence-electron chi connectivity index (χ3n) is 3.09. The average Bonchev–Trinajstić information content (AvgIpc) is 2.45. The van der Waals surface area contributed by atoms with Crippen LogP contribution in [0, 0.1) is 19.2 Å². The third kappa shape index (κ3) is 2.93. The molecule has 0 aliphatic carbocycles. The number of rotatable bonds is 3. The van der Waals surface area contributed by atoms with Gasteiger partial charge in [0, 0.05) is 5.56 Å². The van der Waals surface area contributed by atoms with Gasteiger partial charge in [0.25, 0.3) is 11.3 Å². The molecule has 100 valence electrons. The summed E-state index contributed by atoms with van der Waals surface area (Å²) < 4.78 is 0. The fourth-order valence-corrected chi connectivity index (χ4v) is 1.85. The molecule has 2 N–H and O–H groups in total. The summed E-state index contributed by atoms with van der Waals surface area (Å²) in [6.07, 6.45) is 0. The van der Waals surface area contributed by atoms with Crippen LogP contribution in [0.5, 0.6) is 0 Å². The number of aryl methyl sites for hydroxylation is 2. The number of nitrogens with one attached hydrogen (secondary N) is 2. The van der Waals surface area contributed by atoms with E-state index in [1.165, 1.54) is 0 Å². The lowest BCUT2D eigenvalue weighted by atomic mass is 10.1. The molecule has 0 spiro atoms. The molecule has 0 unspecified atom stereocenters.